The van der Waals surface area contributed by atoms with E-state index < -0.39 is 11.8 Å². The maximum Gasteiger partial charge on any atom is 0.273 e. The lowest BCUT2D eigenvalue weighted by atomic mass is 10.1. The van der Waals surface area contributed by atoms with Gasteiger partial charge in [0.2, 0.25) is 11.8 Å². The summed E-state index contributed by atoms with van der Waals surface area (Å²) in [7, 11) is 0. The maximum atomic E-state index is 12.3. The molecule has 3 N–H and O–H groups in total. The van der Waals surface area contributed by atoms with Gasteiger partial charge in [0, 0.05) is 18.5 Å². The van der Waals surface area contributed by atoms with E-state index in [1.165, 1.54) is 0 Å². The van der Waals surface area contributed by atoms with Gasteiger partial charge in [0.15, 0.2) is 0 Å². The lowest BCUT2D eigenvalue weighted by molar-refractivity contribution is -0.124. The van der Waals surface area contributed by atoms with E-state index in [-0.39, 0.29) is 24.9 Å². The van der Waals surface area contributed by atoms with Crippen molar-refractivity contribution < 1.29 is 19.1 Å². The van der Waals surface area contributed by atoms with E-state index in [9.17, 15) is 14.4 Å². The number of carbonyl (C=O) groups excluding carboxylic acids is 3. The van der Waals surface area contributed by atoms with Gasteiger partial charge in [0.25, 0.3) is 5.91 Å². The summed E-state index contributed by atoms with van der Waals surface area (Å²) in [6.07, 6.45) is -0.141. The highest BCUT2D eigenvalue weighted by atomic mass is 16.5. The Morgan fingerprint density at radius 2 is 1.62 bits per heavy atom. The van der Waals surface area contributed by atoms with E-state index in [4.69, 9.17) is 4.74 Å². The van der Waals surface area contributed by atoms with Crippen LogP contribution in [0.3, 0.4) is 0 Å². The molecule has 0 saturated carbocycles. The molecule has 0 unspecified atom stereocenters. The molecule has 0 atom stereocenters. The van der Waals surface area contributed by atoms with Crippen molar-refractivity contribution in [2.45, 2.75) is 46.6 Å². The van der Waals surface area contributed by atoms with Gasteiger partial charge in [-0.2, -0.15) is 0 Å². The predicted molar refractivity (Wildman–Crippen MR) is 112 cm³/mol. The molecule has 29 heavy (non-hydrogen) atoms. The van der Waals surface area contributed by atoms with E-state index in [0.717, 1.165) is 16.8 Å². The third-order valence-electron chi connectivity index (χ3n) is 4.06. The van der Waals surface area contributed by atoms with Crippen LogP contribution >= 0.6 is 0 Å². The highest BCUT2D eigenvalue weighted by molar-refractivity contribution is 5.98. The number of carbonyl (C=O) groups is 3. The van der Waals surface area contributed by atoms with Gasteiger partial charge in [0.1, 0.15) is 5.75 Å². The Balaban J connectivity index is 1.82. The average molecular weight is 397 g/mol. The van der Waals surface area contributed by atoms with E-state index >= 15 is 0 Å². The van der Waals surface area contributed by atoms with Gasteiger partial charge >= 0.3 is 0 Å². The SMILES string of the molecule is Cc1ccc(C)c(NC(=O)CCC(=O)NNC(=O)c2ccccc2OC(C)C)c1. The molecule has 0 radical (unpaired) electrons. The summed E-state index contributed by atoms with van der Waals surface area (Å²) in [6, 6.07) is 12.5. The lowest BCUT2D eigenvalue weighted by Crippen LogP contribution is -2.42. The monoisotopic (exact) mass is 397 g/mol. The van der Waals surface area contributed by atoms with Crippen molar-refractivity contribution in [2.24, 2.45) is 0 Å². The fourth-order valence-electron chi connectivity index (χ4n) is 2.58. The molecule has 0 aliphatic carbocycles. The van der Waals surface area contributed by atoms with Gasteiger partial charge in [0.05, 0.1) is 11.7 Å². The van der Waals surface area contributed by atoms with Gasteiger partial charge in [-0.1, -0.05) is 24.3 Å². The van der Waals surface area contributed by atoms with Crippen LogP contribution in [0.5, 0.6) is 5.75 Å². The first-order chi connectivity index (χ1) is 13.8. The maximum absolute atomic E-state index is 12.3. The number of aryl methyl sites for hydroxylation is 2. The molecule has 0 aromatic heterocycles. The third kappa shape index (κ3) is 6.95. The molecular weight excluding hydrogens is 370 g/mol. The minimum absolute atomic E-state index is 0.00212. The van der Waals surface area contributed by atoms with E-state index in [1.54, 1.807) is 24.3 Å². The van der Waals surface area contributed by atoms with Crippen molar-refractivity contribution in [3.63, 3.8) is 0 Å². The number of benzene rings is 2. The average Bonchev–Trinajstić information content (AvgIpc) is 2.67. The Hall–Kier alpha value is -3.35. The van der Waals surface area contributed by atoms with Crippen molar-refractivity contribution >= 4 is 23.4 Å². The van der Waals surface area contributed by atoms with Gasteiger partial charge < -0.3 is 10.1 Å². The van der Waals surface area contributed by atoms with E-state index in [0.29, 0.717) is 11.3 Å². The molecule has 7 heteroatoms. The van der Waals surface area contributed by atoms with Crippen LogP contribution in [0.2, 0.25) is 0 Å². The first-order valence-corrected chi connectivity index (χ1v) is 9.48. The number of hydrogen-bond donors (Lipinski definition) is 3. The van der Waals surface area contributed by atoms with Gasteiger partial charge in [-0.25, -0.2) is 0 Å². The zero-order chi connectivity index (χ0) is 21.4. The molecule has 0 heterocycles. The van der Waals surface area contributed by atoms with Crippen molar-refractivity contribution in [3.05, 3.63) is 59.2 Å². The number of rotatable bonds is 7. The quantitative estimate of drug-likeness (QED) is 0.625. The Labute approximate surface area is 170 Å². The molecule has 2 rings (SSSR count). The zero-order valence-corrected chi connectivity index (χ0v) is 17.2. The number of ether oxygens (including phenoxy) is 1. The summed E-state index contributed by atoms with van der Waals surface area (Å²) < 4.78 is 5.60. The van der Waals surface area contributed by atoms with Gasteiger partial charge in [-0.05, 0) is 57.0 Å². The molecule has 0 fully saturated rings. The summed E-state index contributed by atoms with van der Waals surface area (Å²) in [6.45, 7) is 7.56. The summed E-state index contributed by atoms with van der Waals surface area (Å²) in [4.78, 5) is 36.4. The number of hydrazine groups is 1. The molecule has 2 aromatic rings. The molecule has 2 aromatic carbocycles. The fourth-order valence-corrected chi connectivity index (χ4v) is 2.58. The van der Waals surface area contributed by atoms with Crippen LogP contribution in [-0.2, 0) is 9.59 Å². The standard InChI is InChI=1S/C22H27N3O4/c1-14(2)29-19-8-6-5-7-17(19)22(28)25-24-21(27)12-11-20(26)23-18-13-15(3)9-10-16(18)4/h5-10,13-14H,11-12H2,1-4H3,(H,23,26)(H,24,27)(H,25,28). The molecular formula is C22H27N3O4. The second kappa shape index (κ2) is 10.3. The number of nitrogens with one attached hydrogen (secondary N) is 3. The Bertz CT molecular complexity index is 893. The minimum atomic E-state index is -0.491. The molecule has 154 valence electrons. The fraction of sp³-hybridized carbons (Fsp3) is 0.318. The van der Waals surface area contributed by atoms with Crippen molar-refractivity contribution in [1.29, 1.82) is 0 Å². The molecule has 0 bridgehead atoms. The topological polar surface area (TPSA) is 96.5 Å². The zero-order valence-electron chi connectivity index (χ0n) is 17.2. The molecule has 3 amide bonds. The normalized spacial score (nSPS) is 10.4. The van der Waals surface area contributed by atoms with Crippen molar-refractivity contribution in [1.82, 2.24) is 10.9 Å². The van der Waals surface area contributed by atoms with Crippen LogP contribution in [-0.4, -0.2) is 23.8 Å². The Kier molecular flexibility index (Phi) is 7.77. The summed E-state index contributed by atoms with van der Waals surface area (Å²) >= 11 is 0. The second-order valence-corrected chi connectivity index (χ2v) is 7.03. The van der Waals surface area contributed by atoms with Crippen LogP contribution in [0.15, 0.2) is 42.5 Å². The van der Waals surface area contributed by atoms with E-state index in [2.05, 4.69) is 16.2 Å². The number of anilines is 1. The number of hydrogen-bond acceptors (Lipinski definition) is 4. The second-order valence-electron chi connectivity index (χ2n) is 7.03. The highest BCUT2D eigenvalue weighted by Gasteiger charge is 2.14. The summed E-state index contributed by atoms with van der Waals surface area (Å²) in [5.41, 5.74) is 7.70. The first-order valence-electron chi connectivity index (χ1n) is 9.48. The molecule has 0 aliphatic rings. The number of para-hydroxylation sites is 1. The van der Waals surface area contributed by atoms with Crippen LogP contribution in [0.25, 0.3) is 0 Å². The van der Waals surface area contributed by atoms with Crippen molar-refractivity contribution in [3.8, 4) is 5.75 Å². The van der Waals surface area contributed by atoms with Crippen LogP contribution in [0.1, 0.15) is 48.2 Å². The Morgan fingerprint density at radius 1 is 0.931 bits per heavy atom. The molecule has 7 nitrogen and oxygen atoms in total. The number of amides is 3. The summed E-state index contributed by atoms with van der Waals surface area (Å²) in [5, 5.41) is 2.80. The minimum Gasteiger partial charge on any atom is -0.490 e. The molecule has 0 saturated heterocycles. The van der Waals surface area contributed by atoms with Crippen LogP contribution < -0.4 is 20.9 Å². The lowest BCUT2D eigenvalue weighted by Gasteiger charge is -2.14. The smallest absolute Gasteiger partial charge is 0.273 e. The molecule has 0 spiro atoms. The Morgan fingerprint density at radius 3 is 2.34 bits per heavy atom. The highest BCUT2D eigenvalue weighted by Crippen LogP contribution is 2.19. The largest absolute Gasteiger partial charge is 0.490 e. The van der Waals surface area contributed by atoms with Gasteiger partial charge in [-0.15, -0.1) is 0 Å². The first kappa shape index (κ1) is 21.9. The van der Waals surface area contributed by atoms with Crippen LogP contribution in [0, 0.1) is 13.8 Å². The third-order valence-corrected chi connectivity index (χ3v) is 4.06. The van der Waals surface area contributed by atoms with Crippen LogP contribution in [0.4, 0.5) is 5.69 Å². The van der Waals surface area contributed by atoms with Crippen molar-refractivity contribution in [2.75, 3.05) is 5.32 Å². The molecule has 0 aliphatic heterocycles. The van der Waals surface area contributed by atoms with E-state index in [1.807, 2.05) is 45.9 Å². The van der Waals surface area contributed by atoms with Gasteiger partial charge in [-0.3, -0.25) is 25.2 Å². The predicted octanol–water partition coefficient (Wildman–Crippen LogP) is 3.27. The summed E-state index contributed by atoms with van der Waals surface area (Å²) in [5.74, 6) is -0.788.